The summed E-state index contributed by atoms with van der Waals surface area (Å²) in [5, 5.41) is 3.34. The van der Waals surface area contributed by atoms with Gasteiger partial charge in [-0.1, -0.05) is 44.0 Å². The molecule has 21 heavy (non-hydrogen) atoms. The summed E-state index contributed by atoms with van der Waals surface area (Å²) in [6.07, 6.45) is 5.30. The lowest BCUT2D eigenvalue weighted by Gasteiger charge is -2.13. The summed E-state index contributed by atoms with van der Waals surface area (Å²) < 4.78 is 27.2. The maximum absolute atomic E-state index is 12.2. The van der Waals surface area contributed by atoms with Crippen LogP contribution in [0.25, 0.3) is 0 Å². The molecule has 0 radical (unpaired) electrons. The van der Waals surface area contributed by atoms with Gasteiger partial charge in [-0.15, -0.1) is 0 Å². The van der Waals surface area contributed by atoms with Crippen molar-refractivity contribution in [3.05, 3.63) is 35.4 Å². The highest BCUT2D eigenvalue weighted by Crippen LogP contribution is 2.19. The van der Waals surface area contributed by atoms with E-state index in [0.717, 1.165) is 56.3 Å². The lowest BCUT2D eigenvalue weighted by molar-refractivity contribution is 0.551. The van der Waals surface area contributed by atoms with Crippen LogP contribution in [0.3, 0.4) is 0 Å². The zero-order valence-corrected chi connectivity index (χ0v) is 13.6. The lowest BCUT2D eigenvalue weighted by Crippen LogP contribution is -2.33. The van der Waals surface area contributed by atoms with Crippen LogP contribution in [0.4, 0.5) is 0 Å². The Balaban J connectivity index is 1.93. The molecular weight excluding hydrogens is 284 g/mol. The van der Waals surface area contributed by atoms with Crippen LogP contribution in [0.1, 0.15) is 50.2 Å². The average molecular weight is 310 g/mol. The van der Waals surface area contributed by atoms with Crippen LogP contribution >= 0.6 is 0 Å². The van der Waals surface area contributed by atoms with Crippen molar-refractivity contribution in [2.45, 2.75) is 57.4 Å². The standard InChI is InChI=1S/C16H26N2O2S/c1-2-10-17-12-14-6-5-7-15(11-14)13-21(19,20)18-16-8-3-4-9-16/h5-7,11,16-18H,2-4,8-10,12-13H2,1H3. The highest BCUT2D eigenvalue weighted by Gasteiger charge is 2.21. The Kier molecular flexibility index (Phi) is 6.21. The fraction of sp³-hybridized carbons (Fsp3) is 0.625. The molecule has 0 saturated heterocycles. The third-order valence-corrected chi connectivity index (χ3v) is 5.21. The first-order chi connectivity index (χ1) is 10.1. The van der Waals surface area contributed by atoms with Gasteiger partial charge in [-0.3, -0.25) is 0 Å². The molecule has 0 atom stereocenters. The highest BCUT2D eigenvalue weighted by molar-refractivity contribution is 7.88. The van der Waals surface area contributed by atoms with Crippen molar-refractivity contribution in [2.24, 2.45) is 0 Å². The second-order valence-electron chi connectivity index (χ2n) is 5.86. The van der Waals surface area contributed by atoms with E-state index in [1.54, 1.807) is 0 Å². The molecule has 1 aliphatic carbocycles. The molecule has 118 valence electrons. The van der Waals surface area contributed by atoms with E-state index < -0.39 is 10.0 Å². The van der Waals surface area contributed by atoms with Gasteiger partial charge in [-0.05, 0) is 36.9 Å². The normalized spacial score (nSPS) is 16.4. The lowest BCUT2D eigenvalue weighted by atomic mass is 10.1. The van der Waals surface area contributed by atoms with Gasteiger partial charge in [0, 0.05) is 12.6 Å². The van der Waals surface area contributed by atoms with Gasteiger partial charge in [0.2, 0.25) is 10.0 Å². The molecule has 1 aromatic carbocycles. The molecule has 1 aliphatic rings. The van der Waals surface area contributed by atoms with Crippen LogP contribution in [-0.2, 0) is 22.3 Å². The number of hydrogen-bond acceptors (Lipinski definition) is 3. The van der Waals surface area contributed by atoms with Gasteiger partial charge in [0.25, 0.3) is 0 Å². The topological polar surface area (TPSA) is 58.2 Å². The Morgan fingerprint density at radius 2 is 1.90 bits per heavy atom. The van der Waals surface area contributed by atoms with Crippen molar-refractivity contribution in [1.29, 1.82) is 0 Å². The molecule has 0 aromatic heterocycles. The molecule has 0 heterocycles. The molecule has 0 spiro atoms. The van der Waals surface area contributed by atoms with Crippen LogP contribution in [0.5, 0.6) is 0 Å². The summed E-state index contributed by atoms with van der Waals surface area (Å²) in [5.41, 5.74) is 1.99. The van der Waals surface area contributed by atoms with Crippen LogP contribution in [0.2, 0.25) is 0 Å². The SMILES string of the molecule is CCCNCc1cccc(CS(=O)(=O)NC2CCCC2)c1. The molecule has 0 bridgehead atoms. The molecule has 5 heteroatoms. The van der Waals surface area contributed by atoms with E-state index >= 15 is 0 Å². The molecular formula is C16H26N2O2S. The number of hydrogen-bond donors (Lipinski definition) is 2. The predicted molar refractivity (Wildman–Crippen MR) is 86.5 cm³/mol. The number of nitrogens with one attached hydrogen (secondary N) is 2. The fourth-order valence-corrected chi connectivity index (χ4v) is 4.24. The van der Waals surface area contributed by atoms with E-state index in [-0.39, 0.29) is 11.8 Å². The van der Waals surface area contributed by atoms with E-state index in [1.807, 2.05) is 24.3 Å². The van der Waals surface area contributed by atoms with E-state index in [4.69, 9.17) is 0 Å². The van der Waals surface area contributed by atoms with Crippen molar-refractivity contribution in [1.82, 2.24) is 10.0 Å². The third-order valence-electron chi connectivity index (χ3n) is 3.81. The summed E-state index contributed by atoms with van der Waals surface area (Å²) in [5.74, 6) is 0.0745. The average Bonchev–Trinajstić information content (AvgIpc) is 2.91. The van der Waals surface area contributed by atoms with Gasteiger partial charge in [0.1, 0.15) is 0 Å². The van der Waals surface area contributed by atoms with Gasteiger partial charge in [-0.2, -0.15) is 0 Å². The van der Waals surface area contributed by atoms with E-state index in [2.05, 4.69) is 17.0 Å². The summed E-state index contributed by atoms with van der Waals surface area (Å²) in [6, 6.07) is 7.98. The van der Waals surface area contributed by atoms with Crippen molar-refractivity contribution in [3.63, 3.8) is 0 Å². The smallest absolute Gasteiger partial charge is 0.216 e. The fourth-order valence-electron chi connectivity index (χ4n) is 2.80. The first kappa shape index (κ1) is 16.5. The zero-order chi connectivity index (χ0) is 15.1. The molecule has 2 N–H and O–H groups in total. The predicted octanol–water partition coefficient (Wildman–Crippen LogP) is 2.55. The number of benzene rings is 1. The minimum atomic E-state index is -3.23. The first-order valence-electron chi connectivity index (χ1n) is 7.87. The van der Waals surface area contributed by atoms with Crippen molar-refractivity contribution < 1.29 is 8.42 Å². The summed E-state index contributed by atoms with van der Waals surface area (Å²) >= 11 is 0. The monoisotopic (exact) mass is 310 g/mol. The van der Waals surface area contributed by atoms with Gasteiger partial charge >= 0.3 is 0 Å². The van der Waals surface area contributed by atoms with Crippen LogP contribution < -0.4 is 10.0 Å². The van der Waals surface area contributed by atoms with E-state index in [9.17, 15) is 8.42 Å². The summed E-state index contributed by atoms with van der Waals surface area (Å²) in [6.45, 7) is 3.90. The zero-order valence-electron chi connectivity index (χ0n) is 12.8. The highest BCUT2D eigenvalue weighted by atomic mass is 32.2. The molecule has 2 rings (SSSR count). The quantitative estimate of drug-likeness (QED) is 0.726. The largest absolute Gasteiger partial charge is 0.313 e. The van der Waals surface area contributed by atoms with Crippen LogP contribution in [0, 0.1) is 0 Å². The molecule has 0 aliphatic heterocycles. The Morgan fingerprint density at radius 1 is 1.19 bits per heavy atom. The van der Waals surface area contributed by atoms with E-state index in [0.29, 0.717) is 0 Å². The summed E-state index contributed by atoms with van der Waals surface area (Å²) in [7, 11) is -3.23. The third kappa shape index (κ3) is 5.77. The minimum absolute atomic E-state index is 0.0745. The molecule has 0 unspecified atom stereocenters. The van der Waals surface area contributed by atoms with Gasteiger partial charge in [-0.25, -0.2) is 13.1 Å². The number of rotatable bonds is 8. The molecule has 1 aromatic rings. The first-order valence-corrected chi connectivity index (χ1v) is 9.53. The molecule has 4 nitrogen and oxygen atoms in total. The van der Waals surface area contributed by atoms with Gasteiger partial charge < -0.3 is 5.32 Å². The molecule has 0 amide bonds. The second kappa shape index (κ2) is 7.92. The Morgan fingerprint density at radius 3 is 2.62 bits per heavy atom. The van der Waals surface area contributed by atoms with E-state index in [1.165, 1.54) is 0 Å². The van der Waals surface area contributed by atoms with Gasteiger partial charge in [0.05, 0.1) is 5.75 Å². The molecule has 1 fully saturated rings. The van der Waals surface area contributed by atoms with Gasteiger partial charge in [0.15, 0.2) is 0 Å². The number of sulfonamides is 1. The Labute approximate surface area is 128 Å². The Hall–Kier alpha value is -0.910. The van der Waals surface area contributed by atoms with Crippen molar-refractivity contribution >= 4 is 10.0 Å². The minimum Gasteiger partial charge on any atom is -0.313 e. The summed E-state index contributed by atoms with van der Waals surface area (Å²) in [4.78, 5) is 0. The van der Waals surface area contributed by atoms with Crippen LogP contribution in [-0.4, -0.2) is 21.0 Å². The van der Waals surface area contributed by atoms with Crippen molar-refractivity contribution in [2.75, 3.05) is 6.54 Å². The van der Waals surface area contributed by atoms with Crippen molar-refractivity contribution in [3.8, 4) is 0 Å². The Bertz CT molecular complexity index is 537. The molecule has 1 saturated carbocycles. The van der Waals surface area contributed by atoms with Crippen LogP contribution in [0.15, 0.2) is 24.3 Å². The second-order valence-corrected chi connectivity index (χ2v) is 7.61. The maximum Gasteiger partial charge on any atom is 0.216 e. The maximum atomic E-state index is 12.2.